The smallest absolute Gasteiger partial charge is 0.129 e. The fraction of sp³-hybridized carbons (Fsp3) is 0.273. The Labute approximate surface area is 185 Å². The monoisotopic (exact) mass is 466 g/mol. The molecule has 1 aliphatic heterocycles. The Balaban J connectivity index is 0.000000185. The van der Waals surface area contributed by atoms with E-state index in [1.54, 1.807) is 0 Å². The third-order valence-corrected chi connectivity index (χ3v) is 8.27. The van der Waals surface area contributed by atoms with E-state index in [9.17, 15) is 9.05 Å². The summed E-state index contributed by atoms with van der Waals surface area (Å²) in [5.74, 6) is 0. The summed E-state index contributed by atoms with van der Waals surface area (Å²) >= 11 is 5.62. The zero-order valence-corrected chi connectivity index (χ0v) is 18.6. The molecular formula is C22H20F2O3S3. The minimum atomic E-state index is -0.671. The summed E-state index contributed by atoms with van der Waals surface area (Å²) in [4.78, 5) is 13.7. The number of hydrogen-bond donors (Lipinski definition) is 0. The first-order valence-electron chi connectivity index (χ1n) is 9.46. The predicted octanol–water partition coefficient (Wildman–Crippen LogP) is 7.61. The quantitative estimate of drug-likeness (QED) is 0.303. The molecule has 0 N–H and O–H groups in total. The molecule has 0 amide bonds. The molecule has 0 radical (unpaired) electrons. The van der Waals surface area contributed by atoms with Gasteiger partial charge in [0.1, 0.15) is 18.8 Å². The molecule has 0 saturated carbocycles. The molecule has 2 unspecified atom stereocenters. The normalized spacial score (nSPS) is 18.5. The summed E-state index contributed by atoms with van der Waals surface area (Å²) in [7, 11) is 0. The Kier molecular flexibility index (Phi) is 7.24. The van der Waals surface area contributed by atoms with Gasteiger partial charge in [0.2, 0.25) is 0 Å². The van der Waals surface area contributed by atoms with E-state index in [4.69, 9.17) is 4.74 Å². The lowest BCUT2D eigenvalue weighted by Gasteiger charge is -2.10. The number of ether oxygens (including phenoxy) is 1. The summed E-state index contributed by atoms with van der Waals surface area (Å²) in [6, 6.07) is 17.6. The standard InChI is InChI=1S/C17H12S3.C5H8F2O3/c1-11-8-9-15(19-11)17-13-6-3-2-5-12(13)16(20-17)14-7-4-10-18-14;6-9-3-5-4(10-7)1-2-8-5/h2-10H,1H3;4-5H,1-3H2. The zero-order chi connectivity index (χ0) is 20.9. The van der Waals surface area contributed by atoms with Crippen molar-refractivity contribution in [2.24, 2.45) is 0 Å². The number of aryl methyl sites for hydroxylation is 1. The summed E-state index contributed by atoms with van der Waals surface area (Å²) in [6.45, 7) is 2.29. The molecule has 3 nitrogen and oxygen atoms in total. The van der Waals surface area contributed by atoms with Gasteiger partial charge in [-0.05, 0) is 39.6 Å². The Morgan fingerprint density at radius 2 is 1.73 bits per heavy atom. The van der Waals surface area contributed by atoms with Crippen LogP contribution in [0.2, 0.25) is 0 Å². The van der Waals surface area contributed by atoms with Gasteiger partial charge in [-0.2, -0.15) is 9.88 Å². The van der Waals surface area contributed by atoms with Crippen molar-refractivity contribution in [1.82, 2.24) is 0 Å². The van der Waals surface area contributed by atoms with E-state index in [1.807, 2.05) is 34.0 Å². The average molecular weight is 467 g/mol. The van der Waals surface area contributed by atoms with Crippen LogP contribution in [0, 0.1) is 6.92 Å². The fourth-order valence-corrected chi connectivity index (χ4v) is 6.51. The molecule has 0 aliphatic carbocycles. The first-order valence-corrected chi connectivity index (χ1v) is 12.0. The molecule has 1 aromatic carbocycles. The summed E-state index contributed by atoms with van der Waals surface area (Å²) < 4.78 is 27.6. The zero-order valence-electron chi connectivity index (χ0n) is 16.2. The highest BCUT2D eigenvalue weighted by molar-refractivity contribution is 7.27. The second-order valence-electron chi connectivity index (χ2n) is 6.79. The van der Waals surface area contributed by atoms with Crippen molar-refractivity contribution in [3.8, 4) is 19.5 Å². The van der Waals surface area contributed by atoms with E-state index in [2.05, 4.69) is 70.7 Å². The number of fused-ring (bicyclic) bond motifs is 1. The van der Waals surface area contributed by atoms with Crippen LogP contribution in [0.25, 0.3) is 30.3 Å². The summed E-state index contributed by atoms with van der Waals surface area (Å²) in [5.41, 5.74) is 0. The van der Waals surface area contributed by atoms with Crippen LogP contribution in [0.15, 0.2) is 53.9 Å². The molecule has 5 rings (SSSR count). The minimum absolute atomic E-state index is 0.269. The maximum Gasteiger partial charge on any atom is 0.129 e. The molecule has 3 aromatic heterocycles. The van der Waals surface area contributed by atoms with Crippen LogP contribution in [0.5, 0.6) is 0 Å². The van der Waals surface area contributed by atoms with Crippen LogP contribution in [0.4, 0.5) is 9.05 Å². The highest BCUT2D eigenvalue weighted by Crippen LogP contribution is 2.46. The Hall–Kier alpha value is -1.68. The largest absolute Gasteiger partial charge is 0.373 e. The van der Waals surface area contributed by atoms with E-state index in [1.165, 1.54) is 35.2 Å². The maximum atomic E-state index is 11.5. The van der Waals surface area contributed by atoms with E-state index < -0.39 is 12.2 Å². The Bertz CT molecular complexity index is 1070. The fourth-order valence-electron chi connectivity index (χ4n) is 3.37. The van der Waals surface area contributed by atoms with Gasteiger partial charge in [-0.15, -0.1) is 34.0 Å². The molecule has 4 aromatic rings. The molecule has 1 fully saturated rings. The van der Waals surface area contributed by atoms with Crippen molar-refractivity contribution in [2.45, 2.75) is 25.6 Å². The lowest BCUT2D eigenvalue weighted by molar-refractivity contribution is -0.221. The third kappa shape index (κ3) is 4.64. The van der Waals surface area contributed by atoms with Crippen molar-refractivity contribution in [3.63, 3.8) is 0 Å². The van der Waals surface area contributed by atoms with Gasteiger partial charge >= 0.3 is 0 Å². The number of hydrogen-bond acceptors (Lipinski definition) is 6. The summed E-state index contributed by atoms with van der Waals surface area (Å²) in [6.07, 6.45) is -0.824. The molecule has 1 saturated heterocycles. The second-order valence-corrected chi connectivity index (χ2v) is 10.1. The van der Waals surface area contributed by atoms with Crippen molar-refractivity contribution >= 4 is 44.8 Å². The SMILES string of the molecule is Cc1ccc(-c2sc(-c3cccs3)c3ccccc23)s1.FOCC1OCCC1OF. The molecule has 0 bridgehead atoms. The molecule has 2 atom stereocenters. The Morgan fingerprint density at radius 1 is 0.967 bits per heavy atom. The minimum Gasteiger partial charge on any atom is -0.373 e. The first kappa shape index (κ1) is 21.5. The second kappa shape index (κ2) is 10.1. The van der Waals surface area contributed by atoms with Crippen LogP contribution in [0.3, 0.4) is 0 Å². The lowest BCUT2D eigenvalue weighted by Crippen LogP contribution is -2.26. The van der Waals surface area contributed by atoms with E-state index in [0.717, 1.165) is 0 Å². The number of rotatable bonds is 5. The molecule has 4 heterocycles. The third-order valence-electron chi connectivity index (χ3n) is 4.82. The molecule has 158 valence electrons. The highest BCUT2D eigenvalue weighted by Gasteiger charge is 2.30. The van der Waals surface area contributed by atoms with E-state index >= 15 is 0 Å². The van der Waals surface area contributed by atoms with Gasteiger partial charge in [-0.1, -0.05) is 30.3 Å². The first-order chi connectivity index (χ1) is 14.7. The van der Waals surface area contributed by atoms with E-state index in [-0.39, 0.29) is 6.61 Å². The number of benzene rings is 1. The summed E-state index contributed by atoms with van der Waals surface area (Å²) in [5, 5.41) is 4.91. The molecule has 30 heavy (non-hydrogen) atoms. The Morgan fingerprint density at radius 3 is 2.33 bits per heavy atom. The van der Waals surface area contributed by atoms with Gasteiger partial charge in [0, 0.05) is 38.4 Å². The maximum absolute atomic E-state index is 11.5. The van der Waals surface area contributed by atoms with Crippen LogP contribution in [0.1, 0.15) is 11.3 Å². The van der Waals surface area contributed by atoms with Crippen LogP contribution >= 0.6 is 34.0 Å². The van der Waals surface area contributed by atoms with E-state index in [0.29, 0.717) is 13.0 Å². The topological polar surface area (TPSA) is 27.7 Å². The van der Waals surface area contributed by atoms with Gasteiger partial charge in [-0.25, -0.2) is 0 Å². The van der Waals surface area contributed by atoms with Crippen LogP contribution < -0.4 is 0 Å². The molecule has 1 aliphatic rings. The average Bonchev–Trinajstić information content (AvgIpc) is 3.55. The van der Waals surface area contributed by atoms with Gasteiger partial charge in [-0.3, -0.25) is 0 Å². The predicted molar refractivity (Wildman–Crippen MR) is 121 cm³/mol. The van der Waals surface area contributed by atoms with Gasteiger partial charge in [0.05, 0.1) is 9.75 Å². The van der Waals surface area contributed by atoms with Gasteiger partial charge < -0.3 is 4.74 Å². The van der Waals surface area contributed by atoms with Crippen LogP contribution in [-0.2, 0) is 14.6 Å². The molecule has 0 spiro atoms. The van der Waals surface area contributed by atoms with Crippen molar-refractivity contribution in [1.29, 1.82) is 0 Å². The highest BCUT2D eigenvalue weighted by atomic mass is 32.1. The van der Waals surface area contributed by atoms with Crippen molar-refractivity contribution in [3.05, 3.63) is 58.8 Å². The van der Waals surface area contributed by atoms with Gasteiger partial charge in [0.15, 0.2) is 0 Å². The molecular weight excluding hydrogens is 446 g/mol. The number of halogens is 2. The van der Waals surface area contributed by atoms with Crippen molar-refractivity contribution in [2.75, 3.05) is 13.2 Å². The lowest BCUT2D eigenvalue weighted by atomic mass is 10.1. The molecule has 8 heteroatoms. The van der Waals surface area contributed by atoms with Crippen LogP contribution in [-0.4, -0.2) is 25.4 Å². The number of thiophene rings is 3. The van der Waals surface area contributed by atoms with Crippen molar-refractivity contribution < 1.29 is 23.7 Å². The van der Waals surface area contributed by atoms with Gasteiger partial charge in [0.25, 0.3) is 0 Å².